The molecule has 0 aliphatic heterocycles. The number of hydrogen-bond acceptors (Lipinski definition) is 4. The molecular formula is C14H18N4. The van der Waals surface area contributed by atoms with Crippen molar-refractivity contribution in [3.05, 3.63) is 48.3 Å². The summed E-state index contributed by atoms with van der Waals surface area (Å²) in [6.07, 6.45) is 7.10. The second-order valence-corrected chi connectivity index (χ2v) is 5.45. The molecule has 0 unspecified atom stereocenters. The molecule has 0 bridgehead atoms. The molecular weight excluding hydrogens is 224 g/mol. The van der Waals surface area contributed by atoms with Crippen LogP contribution in [0.15, 0.2) is 36.9 Å². The topological polar surface area (TPSA) is 51.6 Å². The third-order valence-corrected chi connectivity index (χ3v) is 3.99. The Morgan fingerprint density at radius 2 is 1.50 bits per heavy atom. The molecule has 2 rings (SSSR count). The van der Waals surface area contributed by atoms with Crippen molar-refractivity contribution in [2.75, 3.05) is 0 Å². The lowest BCUT2D eigenvalue weighted by molar-refractivity contribution is 0.286. The molecule has 0 amide bonds. The van der Waals surface area contributed by atoms with Crippen LogP contribution in [0.3, 0.4) is 0 Å². The first-order valence-corrected chi connectivity index (χ1v) is 6.01. The summed E-state index contributed by atoms with van der Waals surface area (Å²) in [4.78, 5) is 8.79. The maximum absolute atomic E-state index is 4.40. The van der Waals surface area contributed by atoms with Gasteiger partial charge in [0.25, 0.3) is 0 Å². The van der Waals surface area contributed by atoms with Crippen molar-refractivity contribution in [2.45, 2.75) is 38.5 Å². The SMILES string of the molecule is CC(C)(c1ccnnc1)C(C)(C)c1ncccn1. The Hall–Kier alpha value is -1.84. The fourth-order valence-corrected chi connectivity index (χ4v) is 1.92. The van der Waals surface area contributed by atoms with Gasteiger partial charge in [-0.15, -0.1) is 0 Å². The van der Waals surface area contributed by atoms with E-state index in [1.807, 2.05) is 18.3 Å². The summed E-state index contributed by atoms with van der Waals surface area (Å²) in [5.41, 5.74) is 0.802. The summed E-state index contributed by atoms with van der Waals surface area (Å²) in [6.45, 7) is 8.67. The molecule has 0 saturated heterocycles. The van der Waals surface area contributed by atoms with E-state index >= 15 is 0 Å². The van der Waals surface area contributed by atoms with Crippen molar-refractivity contribution in [3.8, 4) is 0 Å². The van der Waals surface area contributed by atoms with Crippen LogP contribution in [0.5, 0.6) is 0 Å². The molecule has 0 aromatic carbocycles. The third kappa shape index (κ3) is 1.98. The Kier molecular flexibility index (Phi) is 3.11. The van der Waals surface area contributed by atoms with E-state index < -0.39 is 0 Å². The zero-order valence-electron chi connectivity index (χ0n) is 11.3. The van der Waals surface area contributed by atoms with Crippen LogP contribution >= 0.6 is 0 Å². The Morgan fingerprint density at radius 3 is 2.06 bits per heavy atom. The minimum atomic E-state index is -0.197. The minimum Gasteiger partial charge on any atom is -0.241 e. The molecule has 0 saturated carbocycles. The average molecular weight is 242 g/mol. The van der Waals surface area contributed by atoms with Crippen LogP contribution in [0.4, 0.5) is 0 Å². The maximum Gasteiger partial charge on any atom is 0.134 e. The van der Waals surface area contributed by atoms with Crippen LogP contribution in [0, 0.1) is 0 Å². The molecule has 0 N–H and O–H groups in total. The maximum atomic E-state index is 4.40. The van der Waals surface area contributed by atoms with Crippen molar-refractivity contribution >= 4 is 0 Å². The lowest BCUT2D eigenvalue weighted by Crippen LogP contribution is -2.41. The van der Waals surface area contributed by atoms with Crippen LogP contribution in [0.1, 0.15) is 39.1 Å². The van der Waals surface area contributed by atoms with Crippen molar-refractivity contribution in [2.24, 2.45) is 0 Å². The third-order valence-electron chi connectivity index (χ3n) is 3.99. The van der Waals surface area contributed by atoms with Crippen molar-refractivity contribution < 1.29 is 0 Å². The number of nitrogens with zero attached hydrogens (tertiary/aromatic N) is 4. The molecule has 0 aliphatic rings. The van der Waals surface area contributed by atoms with Gasteiger partial charge in [-0.1, -0.05) is 27.7 Å². The highest BCUT2D eigenvalue weighted by molar-refractivity contribution is 5.28. The van der Waals surface area contributed by atoms with Crippen molar-refractivity contribution in [1.82, 2.24) is 20.2 Å². The molecule has 0 atom stereocenters. The van der Waals surface area contributed by atoms with Crippen molar-refractivity contribution in [1.29, 1.82) is 0 Å². The fourth-order valence-electron chi connectivity index (χ4n) is 1.92. The van der Waals surface area contributed by atoms with Crippen LogP contribution in [0.2, 0.25) is 0 Å². The summed E-state index contributed by atoms with van der Waals surface area (Å²) in [6, 6.07) is 3.83. The van der Waals surface area contributed by atoms with Gasteiger partial charge >= 0.3 is 0 Å². The minimum absolute atomic E-state index is 0.135. The second-order valence-electron chi connectivity index (χ2n) is 5.45. The number of rotatable bonds is 3. The Balaban J connectivity index is 2.47. The predicted molar refractivity (Wildman–Crippen MR) is 70.1 cm³/mol. The summed E-state index contributed by atoms with van der Waals surface area (Å²) >= 11 is 0. The van der Waals surface area contributed by atoms with Crippen molar-refractivity contribution in [3.63, 3.8) is 0 Å². The van der Waals surface area contributed by atoms with Gasteiger partial charge in [-0.05, 0) is 17.7 Å². The van der Waals surface area contributed by atoms with Gasteiger partial charge in [-0.2, -0.15) is 10.2 Å². The van der Waals surface area contributed by atoms with E-state index in [1.54, 1.807) is 18.6 Å². The highest BCUT2D eigenvalue weighted by Gasteiger charge is 2.42. The molecule has 4 nitrogen and oxygen atoms in total. The average Bonchev–Trinajstić information content (AvgIpc) is 2.40. The molecule has 0 aliphatic carbocycles. The van der Waals surface area contributed by atoms with E-state index in [9.17, 15) is 0 Å². The molecule has 0 fully saturated rings. The Bertz CT molecular complexity index is 456. The van der Waals surface area contributed by atoms with Crippen LogP contribution in [-0.4, -0.2) is 20.2 Å². The Morgan fingerprint density at radius 1 is 0.833 bits per heavy atom. The second kappa shape index (κ2) is 4.44. The summed E-state index contributed by atoms with van der Waals surface area (Å²) in [5, 5.41) is 7.80. The standard InChI is InChI=1S/C14H18N4/c1-13(2,11-6-9-17-18-10-11)14(3,4)12-15-7-5-8-16-12/h5-10H,1-4H3. The summed E-state index contributed by atoms with van der Waals surface area (Å²) in [5.74, 6) is 0.840. The van der Waals surface area contributed by atoms with E-state index in [-0.39, 0.29) is 10.8 Å². The largest absolute Gasteiger partial charge is 0.241 e. The van der Waals surface area contributed by atoms with Gasteiger partial charge in [0.15, 0.2) is 0 Å². The molecule has 2 aromatic rings. The van der Waals surface area contributed by atoms with Gasteiger partial charge in [0.1, 0.15) is 5.82 Å². The van der Waals surface area contributed by atoms with E-state index in [2.05, 4.69) is 47.9 Å². The van der Waals surface area contributed by atoms with E-state index in [4.69, 9.17) is 0 Å². The van der Waals surface area contributed by atoms with Gasteiger partial charge in [0, 0.05) is 29.4 Å². The molecule has 94 valence electrons. The molecule has 0 radical (unpaired) electrons. The number of hydrogen-bond donors (Lipinski definition) is 0. The zero-order valence-corrected chi connectivity index (χ0v) is 11.3. The monoisotopic (exact) mass is 242 g/mol. The fraction of sp³-hybridized carbons (Fsp3) is 0.429. The first kappa shape index (κ1) is 12.6. The van der Waals surface area contributed by atoms with E-state index in [0.29, 0.717) is 0 Å². The van der Waals surface area contributed by atoms with Crippen LogP contribution in [-0.2, 0) is 10.8 Å². The molecule has 18 heavy (non-hydrogen) atoms. The lowest BCUT2D eigenvalue weighted by atomic mass is 9.64. The number of aromatic nitrogens is 4. The van der Waals surface area contributed by atoms with Gasteiger partial charge in [-0.3, -0.25) is 0 Å². The molecule has 0 spiro atoms. The van der Waals surface area contributed by atoms with Gasteiger partial charge in [-0.25, -0.2) is 9.97 Å². The molecule has 4 heteroatoms. The lowest BCUT2D eigenvalue weighted by Gasteiger charge is -2.40. The van der Waals surface area contributed by atoms with Crippen LogP contribution < -0.4 is 0 Å². The zero-order chi connectivity index (χ0) is 13.2. The van der Waals surface area contributed by atoms with Gasteiger partial charge < -0.3 is 0 Å². The highest BCUT2D eigenvalue weighted by atomic mass is 15.1. The quantitative estimate of drug-likeness (QED) is 0.830. The summed E-state index contributed by atoms with van der Waals surface area (Å²) < 4.78 is 0. The predicted octanol–water partition coefficient (Wildman–Crippen LogP) is 2.52. The highest BCUT2D eigenvalue weighted by Crippen LogP contribution is 2.41. The van der Waals surface area contributed by atoms with Crippen LogP contribution in [0.25, 0.3) is 0 Å². The van der Waals surface area contributed by atoms with Gasteiger partial charge in [0.05, 0.1) is 6.20 Å². The Labute approximate surface area is 108 Å². The first-order valence-electron chi connectivity index (χ1n) is 6.01. The first-order chi connectivity index (χ1) is 8.46. The normalized spacial score (nSPS) is 12.4. The van der Waals surface area contributed by atoms with Gasteiger partial charge in [0.2, 0.25) is 0 Å². The molecule has 2 heterocycles. The van der Waals surface area contributed by atoms with E-state index in [0.717, 1.165) is 11.4 Å². The summed E-state index contributed by atoms with van der Waals surface area (Å²) in [7, 11) is 0. The smallest absolute Gasteiger partial charge is 0.134 e. The van der Waals surface area contributed by atoms with E-state index in [1.165, 1.54) is 0 Å². The molecule has 2 aromatic heterocycles.